The minimum Gasteiger partial charge on any atom is -0.496 e. The molecule has 0 bridgehead atoms. The number of nitrogens with zero attached hydrogens (tertiary/aromatic N) is 4. The van der Waals surface area contributed by atoms with E-state index in [1.54, 1.807) is 68.6 Å². The molecule has 0 saturated heterocycles. The maximum Gasteiger partial charge on any atom is 0.311 e. The smallest absolute Gasteiger partial charge is 0.311 e. The Hall–Kier alpha value is -4.99. The molecular formula is C26H20N4O6. The monoisotopic (exact) mass is 484 g/mol. The summed E-state index contributed by atoms with van der Waals surface area (Å²) >= 11 is 0. The van der Waals surface area contributed by atoms with Gasteiger partial charge in [-0.25, -0.2) is 4.98 Å². The number of nitro benzene ring substituents is 1. The maximum atomic E-state index is 13.4. The third kappa shape index (κ3) is 4.05. The van der Waals surface area contributed by atoms with Crippen molar-refractivity contribution < 1.29 is 18.8 Å². The molecule has 0 saturated carbocycles. The van der Waals surface area contributed by atoms with E-state index in [1.165, 1.54) is 18.3 Å². The number of aromatic nitrogens is 2. The number of fused-ring (bicyclic) bond motifs is 2. The van der Waals surface area contributed by atoms with Crippen molar-refractivity contribution in [1.29, 1.82) is 0 Å². The maximum absolute atomic E-state index is 13.4. The Morgan fingerprint density at radius 1 is 1.08 bits per heavy atom. The number of methoxy groups -OCH3 is 1. The molecule has 5 aromatic rings. The number of para-hydroxylation sites is 1. The molecule has 36 heavy (non-hydrogen) atoms. The SMILES string of the molecule is CCOc1ccc(C=Nn2c(-c3cc4c(OC)cccc4o3)nc3ccccc3c2=O)cc1[N+](=O)[O-]. The minimum absolute atomic E-state index is 0.154. The molecule has 2 aromatic heterocycles. The van der Waals surface area contributed by atoms with Crippen LogP contribution in [0.1, 0.15) is 12.5 Å². The van der Waals surface area contributed by atoms with Crippen LogP contribution in [0, 0.1) is 10.1 Å². The number of nitro groups is 1. The Morgan fingerprint density at radius 2 is 1.92 bits per heavy atom. The first kappa shape index (κ1) is 22.8. The van der Waals surface area contributed by atoms with Crippen LogP contribution in [0.2, 0.25) is 0 Å². The van der Waals surface area contributed by atoms with Gasteiger partial charge in [0.1, 0.15) is 11.3 Å². The summed E-state index contributed by atoms with van der Waals surface area (Å²) in [6, 6.07) is 18.5. The lowest BCUT2D eigenvalue weighted by Crippen LogP contribution is -2.20. The zero-order valence-electron chi connectivity index (χ0n) is 19.4. The first-order chi connectivity index (χ1) is 17.5. The van der Waals surface area contributed by atoms with E-state index in [1.807, 2.05) is 0 Å². The number of ether oxygens (including phenoxy) is 2. The van der Waals surface area contributed by atoms with E-state index in [4.69, 9.17) is 13.9 Å². The van der Waals surface area contributed by atoms with Gasteiger partial charge in [-0.15, -0.1) is 0 Å². The van der Waals surface area contributed by atoms with Gasteiger partial charge in [0, 0.05) is 11.6 Å². The van der Waals surface area contributed by atoms with E-state index in [-0.39, 0.29) is 23.9 Å². The highest BCUT2D eigenvalue weighted by atomic mass is 16.6. The second-order valence-electron chi connectivity index (χ2n) is 7.71. The highest BCUT2D eigenvalue weighted by molar-refractivity contribution is 5.88. The Bertz CT molecular complexity index is 1700. The Labute approximate surface area is 204 Å². The summed E-state index contributed by atoms with van der Waals surface area (Å²) in [6.45, 7) is 2.03. The largest absolute Gasteiger partial charge is 0.496 e. The fourth-order valence-electron chi connectivity index (χ4n) is 3.87. The number of hydrogen-bond acceptors (Lipinski definition) is 8. The lowest BCUT2D eigenvalue weighted by molar-refractivity contribution is -0.385. The zero-order valence-corrected chi connectivity index (χ0v) is 19.4. The van der Waals surface area contributed by atoms with Gasteiger partial charge < -0.3 is 13.9 Å². The van der Waals surface area contributed by atoms with Crippen molar-refractivity contribution in [2.24, 2.45) is 5.10 Å². The van der Waals surface area contributed by atoms with Gasteiger partial charge in [-0.2, -0.15) is 9.78 Å². The minimum atomic E-state index is -0.528. The molecule has 10 nitrogen and oxygen atoms in total. The Morgan fingerprint density at radius 3 is 2.69 bits per heavy atom. The van der Waals surface area contributed by atoms with Gasteiger partial charge in [-0.3, -0.25) is 14.9 Å². The molecule has 5 rings (SSSR count). The van der Waals surface area contributed by atoms with Crippen LogP contribution in [0.3, 0.4) is 0 Å². The molecule has 0 atom stereocenters. The molecule has 0 aliphatic rings. The molecule has 0 spiro atoms. The summed E-state index contributed by atoms with van der Waals surface area (Å²) in [5.74, 6) is 1.25. The molecule has 0 aliphatic carbocycles. The van der Waals surface area contributed by atoms with Gasteiger partial charge in [0.25, 0.3) is 5.56 Å². The van der Waals surface area contributed by atoms with Crippen molar-refractivity contribution in [3.05, 3.63) is 92.8 Å². The van der Waals surface area contributed by atoms with Gasteiger partial charge in [-0.05, 0) is 49.4 Å². The van der Waals surface area contributed by atoms with Gasteiger partial charge >= 0.3 is 5.69 Å². The number of benzene rings is 3. The number of rotatable bonds is 7. The van der Waals surface area contributed by atoms with Gasteiger partial charge in [-0.1, -0.05) is 18.2 Å². The van der Waals surface area contributed by atoms with E-state index >= 15 is 0 Å². The lowest BCUT2D eigenvalue weighted by atomic mass is 10.2. The van der Waals surface area contributed by atoms with E-state index in [0.29, 0.717) is 33.6 Å². The number of hydrogen-bond donors (Lipinski definition) is 0. The highest BCUT2D eigenvalue weighted by Gasteiger charge is 2.19. The summed E-state index contributed by atoms with van der Waals surface area (Å²) in [5, 5.41) is 16.9. The van der Waals surface area contributed by atoms with Crippen LogP contribution in [-0.2, 0) is 0 Å². The van der Waals surface area contributed by atoms with Crippen LogP contribution in [0.5, 0.6) is 11.5 Å². The van der Waals surface area contributed by atoms with Gasteiger partial charge in [0.15, 0.2) is 11.5 Å². The molecular weight excluding hydrogens is 464 g/mol. The fraction of sp³-hybridized carbons (Fsp3) is 0.115. The molecule has 0 amide bonds. The van der Waals surface area contributed by atoms with Crippen LogP contribution in [-0.4, -0.2) is 34.5 Å². The molecule has 0 fully saturated rings. The third-order valence-electron chi connectivity index (χ3n) is 5.52. The molecule has 0 unspecified atom stereocenters. The summed E-state index contributed by atoms with van der Waals surface area (Å²) in [5.41, 5.74) is 0.828. The quantitative estimate of drug-likeness (QED) is 0.181. The topological polar surface area (TPSA) is 122 Å². The predicted molar refractivity (Wildman–Crippen MR) is 135 cm³/mol. The van der Waals surface area contributed by atoms with Gasteiger partial charge in [0.05, 0.1) is 41.1 Å². The second-order valence-corrected chi connectivity index (χ2v) is 7.71. The molecule has 0 aliphatic heterocycles. The van der Waals surface area contributed by atoms with Crippen molar-refractivity contribution in [3.63, 3.8) is 0 Å². The second kappa shape index (κ2) is 9.34. The lowest BCUT2D eigenvalue weighted by Gasteiger charge is -2.07. The molecule has 0 radical (unpaired) electrons. The first-order valence-electron chi connectivity index (χ1n) is 11.0. The predicted octanol–water partition coefficient (Wildman–Crippen LogP) is 5.01. The number of furan rings is 1. The van der Waals surface area contributed by atoms with E-state index < -0.39 is 10.5 Å². The van der Waals surface area contributed by atoms with Crippen molar-refractivity contribution in [2.45, 2.75) is 6.92 Å². The van der Waals surface area contributed by atoms with Gasteiger partial charge in [0.2, 0.25) is 5.82 Å². The Kier molecular flexibility index (Phi) is 5.91. The van der Waals surface area contributed by atoms with Crippen molar-refractivity contribution >= 4 is 33.8 Å². The van der Waals surface area contributed by atoms with Crippen molar-refractivity contribution in [2.75, 3.05) is 13.7 Å². The van der Waals surface area contributed by atoms with Crippen molar-refractivity contribution in [3.8, 4) is 23.1 Å². The average Bonchev–Trinajstić information content (AvgIpc) is 3.33. The van der Waals surface area contributed by atoms with Crippen LogP contribution >= 0.6 is 0 Å². The standard InChI is InChI=1S/C26H20N4O6/c1-3-35-23-12-11-16(13-20(23)30(32)33)15-27-29-25(28-19-8-5-4-7-17(19)26(29)31)24-14-18-21(34-2)9-6-10-22(18)36-24/h4-15H,3H2,1-2H3. The van der Waals surface area contributed by atoms with Crippen LogP contribution in [0.25, 0.3) is 33.5 Å². The zero-order chi connectivity index (χ0) is 25.2. The summed E-state index contributed by atoms with van der Waals surface area (Å²) in [7, 11) is 1.56. The van der Waals surface area contributed by atoms with E-state index in [9.17, 15) is 14.9 Å². The molecule has 2 heterocycles. The Balaban J connectivity index is 1.68. The highest BCUT2D eigenvalue weighted by Crippen LogP contribution is 2.33. The summed E-state index contributed by atoms with van der Waals surface area (Å²) in [6.07, 6.45) is 1.35. The van der Waals surface area contributed by atoms with Crippen LogP contribution in [0.15, 0.2) is 81.0 Å². The molecule has 0 N–H and O–H groups in total. The third-order valence-corrected chi connectivity index (χ3v) is 5.52. The van der Waals surface area contributed by atoms with E-state index in [0.717, 1.165) is 10.1 Å². The fourth-order valence-corrected chi connectivity index (χ4v) is 3.87. The van der Waals surface area contributed by atoms with Crippen LogP contribution < -0.4 is 15.0 Å². The van der Waals surface area contributed by atoms with E-state index in [2.05, 4.69) is 10.1 Å². The first-order valence-corrected chi connectivity index (χ1v) is 11.0. The normalized spacial score (nSPS) is 11.4. The molecule has 180 valence electrons. The average molecular weight is 484 g/mol. The molecule has 10 heteroatoms. The summed E-state index contributed by atoms with van der Waals surface area (Å²) in [4.78, 5) is 29.0. The summed E-state index contributed by atoms with van der Waals surface area (Å²) < 4.78 is 17.9. The van der Waals surface area contributed by atoms with Crippen molar-refractivity contribution in [1.82, 2.24) is 9.66 Å². The van der Waals surface area contributed by atoms with Crippen LogP contribution in [0.4, 0.5) is 5.69 Å². The molecule has 3 aromatic carbocycles.